The number of cyclic esters (lactones) is 1. The number of carbonyl (C=O) groups excluding carboxylic acids is 2. The molecule has 2 rings (SSSR count). The van der Waals surface area contributed by atoms with Crippen molar-refractivity contribution in [2.24, 2.45) is 0 Å². The standard InChI is InChI=1S/C18H23NO7/c1-10-4-3-5-13(20)14(21)6-7-16(23)19-12-8-11(25-2)9-15(22)17(12)18(24)26-10/h3,5,8-10,13-14,20-22H,4,6-7H2,1-2H3,(H,19,23)/b5-3+/t10-,13+,14-/m0/s1. The number of esters is 1. The minimum absolute atomic E-state index is 0.0304. The van der Waals surface area contributed by atoms with E-state index in [9.17, 15) is 24.9 Å². The van der Waals surface area contributed by atoms with Crippen LogP contribution >= 0.6 is 0 Å². The zero-order valence-electron chi connectivity index (χ0n) is 14.6. The summed E-state index contributed by atoms with van der Waals surface area (Å²) >= 11 is 0. The van der Waals surface area contributed by atoms with Crippen LogP contribution in [0.2, 0.25) is 0 Å². The Kier molecular flexibility index (Phi) is 6.59. The predicted octanol–water partition coefficient (Wildman–Crippen LogP) is 1.35. The van der Waals surface area contributed by atoms with Gasteiger partial charge in [0.1, 0.15) is 23.2 Å². The first kappa shape index (κ1) is 19.7. The highest BCUT2D eigenvalue weighted by atomic mass is 16.5. The average molecular weight is 365 g/mol. The van der Waals surface area contributed by atoms with Gasteiger partial charge in [0.15, 0.2) is 0 Å². The number of hydrogen-bond donors (Lipinski definition) is 4. The topological polar surface area (TPSA) is 125 Å². The van der Waals surface area contributed by atoms with Crippen LogP contribution in [-0.4, -0.2) is 52.6 Å². The Balaban J connectivity index is 2.39. The molecule has 0 saturated carbocycles. The van der Waals surface area contributed by atoms with Gasteiger partial charge in [-0.25, -0.2) is 4.79 Å². The van der Waals surface area contributed by atoms with Gasteiger partial charge >= 0.3 is 5.97 Å². The lowest BCUT2D eigenvalue weighted by atomic mass is 10.1. The Labute approximate surface area is 151 Å². The van der Waals surface area contributed by atoms with Crippen molar-refractivity contribution in [3.63, 3.8) is 0 Å². The van der Waals surface area contributed by atoms with E-state index in [0.717, 1.165) is 0 Å². The quantitative estimate of drug-likeness (QED) is 0.437. The first-order valence-corrected chi connectivity index (χ1v) is 8.26. The number of benzene rings is 1. The molecule has 8 heteroatoms. The van der Waals surface area contributed by atoms with Crippen LogP contribution in [0.3, 0.4) is 0 Å². The molecule has 0 unspecified atom stereocenters. The van der Waals surface area contributed by atoms with Crippen LogP contribution in [-0.2, 0) is 9.53 Å². The van der Waals surface area contributed by atoms with Crippen LogP contribution in [0, 0.1) is 0 Å². The number of phenolic OH excluding ortho intramolecular Hbond substituents is 1. The summed E-state index contributed by atoms with van der Waals surface area (Å²) in [6, 6.07) is 2.65. The molecule has 1 aromatic carbocycles. The van der Waals surface area contributed by atoms with E-state index in [1.54, 1.807) is 13.0 Å². The maximum absolute atomic E-state index is 12.4. The fourth-order valence-corrected chi connectivity index (χ4v) is 2.52. The highest BCUT2D eigenvalue weighted by Crippen LogP contribution is 2.33. The summed E-state index contributed by atoms with van der Waals surface area (Å²) < 4.78 is 10.3. The van der Waals surface area contributed by atoms with Crippen molar-refractivity contribution in [3.05, 3.63) is 29.8 Å². The summed E-state index contributed by atoms with van der Waals surface area (Å²) in [5.74, 6) is -1.41. The van der Waals surface area contributed by atoms with E-state index < -0.39 is 30.2 Å². The molecule has 0 aliphatic carbocycles. The van der Waals surface area contributed by atoms with E-state index in [1.165, 1.54) is 25.3 Å². The third-order valence-corrected chi connectivity index (χ3v) is 3.98. The van der Waals surface area contributed by atoms with E-state index in [2.05, 4.69) is 5.32 Å². The van der Waals surface area contributed by atoms with Crippen molar-refractivity contribution in [1.29, 1.82) is 0 Å². The maximum atomic E-state index is 12.4. The molecule has 0 aromatic heterocycles. The van der Waals surface area contributed by atoms with Gasteiger partial charge in [-0.2, -0.15) is 0 Å². The fraction of sp³-hybridized carbons (Fsp3) is 0.444. The van der Waals surface area contributed by atoms with Crippen LogP contribution < -0.4 is 10.1 Å². The summed E-state index contributed by atoms with van der Waals surface area (Å²) in [5.41, 5.74) is -0.126. The molecule has 1 heterocycles. The number of carbonyl (C=O) groups is 2. The molecule has 1 amide bonds. The second-order valence-corrected chi connectivity index (χ2v) is 6.09. The van der Waals surface area contributed by atoms with Crippen molar-refractivity contribution >= 4 is 17.6 Å². The second kappa shape index (κ2) is 8.68. The highest BCUT2D eigenvalue weighted by Gasteiger charge is 2.24. The van der Waals surface area contributed by atoms with Gasteiger partial charge in [-0.05, 0) is 13.3 Å². The number of ether oxygens (including phenoxy) is 2. The van der Waals surface area contributed by atoms with Crippen molar-refractivity contribution in [2.45, 2.75) is 44.5 Å². The SMILES string of the molecule is COc1cc(O)c2c(c1)NC(=O)CC[C@H](O)[C@H](O)/C=C/C[C@H](C)OC2=O. The third kappa shape index (κ3) is 4.96. The molecule has 0 saturated heterocycles. The van der Waals surface area contributed by atoms with Crippen LogP contribution in [0.15, 0.2) is 24.3 Å². The van der Waals surface area contributed by atoms with Gasteiger partial charge in [0, 0.05) is 25.0 Å². The lowest BCUT2D eigenvalue weighted by Gasteiger charge is -2.19. The van der Waals surface area contributed by atoms with E-state index in [0.29, 0.717) is 6.42 Å². The number of aromatic hydroxyl groups is 1. The lowest BCUT2D eigenvalue weighted by Crippen LogP contribution is -2.26. The zero-order valence-corrected chi connectivity index (χ0v) is 14.6. The van der Waals surface area contributed by atoms with Gasteiger partial charge in [0.05, 0.1) is 25.0 Å². The number of aliphatic hydroxyl groups excluding tert-OH is 2. The van der Waals surface area contributed by atoms with Gasteiger partial charge in [-0.15, -0.1) is 0 Å². The number of nitrogens with one attached hydrogen (secondary N) is 1. The molecule has 142 valence electrons. The number of fused-ring (bicyclic) bond motifs is 1. The molecule has 0 radical (unpaired) electrons. The van der Waals surface area contributed by atoms with Crippen molar-refractivity contribution in [2.75, 3.05) is 12.4 Å². The van der Waals surface area contributed by atoms with Gasteiger partial charge in [0.25, 0.3) is 0 Å². The number of aliphatic hydroxyl groups is 2. The van der Waals surface area contributed by atoms with Crippen molar-refractivity contribution in [3.8, 4) is 11.5 Å². The Hall–Kier alpha value is -2.58. The summed E-state index contributed by atoms with van der Waals surface area (Å²) in [5, 5.41) is 32.5. The molecule has 0 fully saturated rings. The van der Waals surface area contributed by atoms with Crippen LogP contribution in [0.25, 0.3) is 0 Å². The number of anilines is 1. The third-order valence-electron chi connectivity index (χ3n) is 3.98. The number of methoxy groups -OCH3 is 1. The molecule has 26 heavy (non-hydrogen) atoms. The molecule has 0 bridgehead atoms. The summed E-state index contributed by atoms with van der Waals surface area (Å²) in [4.78, 5) is 24.6. The van der Waals surface area contributed by atoms with E-state index >= 15 is 0 Å². The van der Waals surface area contributed by atoms with Crippen molar-refractivity contribution < 1.29 is 34.4 Å². The van der Waals surface area contributed by atoms with E-state index in [1.807, 2.05) is 0 Å². The Morgan fingerprint density at radius 2 is 2.00 bits per heavy atom. The molecule has 3 atom stereocenters. The van der Waals surface area contributed by atoms with Gasteiger partial charge in [-0.3, -0.25) is 4.79 Å². The second-order valence-electron chi connectivity index (χ2n) is 6.09. The number of rotatable bonds is 1. The molecular formula is C18H23NO7. The van der Waals surface area contributed by atoms with Crippen LogP contribution in [0.5, 0.6) is 11.5 Å². The Morgan fingerprint density at radius 1 is 1.27 bits per heavy atom. The molecule has 8 nitrogen and oxygen atoms in total. The molecule has 1 aromatic rings. The van der Waals surface area contributed by atoms with E-state index in [-0.39, 0.29) is 35.6 Å². The predicted molar refractivity (Wildman–Crippen MR) is 93.2 cm³/mol. The highest BCUT2D eigenvalue weighted by molar-refractivity contribution is 6.03. The summed E-state index contributed by atoms with van der Waals surface area (Å²) in [6.45, 7) is 1.65. The summed E-state index contributed by atoms with van der Waals surface area (Å²) in [7, 11) is 1.39. The Morgan fingerprint density at radius 3 is 2.69 bits per heavy atom. The van der Waals surface area contributed by atoms with Crippen molar-refractivity contribution in [1.82, 2.24) is 0 Å². The number of phenols is 1. The lowest BCUT2D eigenvalue weighted by molar-refractivity contribution is -0.117. The first-order valence-electron chi connectivity index (χ1n) is 8.26. The average Bonchev–Trinajstić information content (AvgIpc) is 2.58. The molecular weight excluding hydrogens is 342 g/mol. The molecule has 4 N–H and O–H groups in total. The minimum Gasteiger partial charge on any atom is -0.507 e. The molecule has 0 spiro atoms. The molecule has 1 aliphatic heterocycles. The molecule has 1 aliphatic rings. The van der Waals surface area contributed by atoms with Crippen LogP contribution in [0.4, 0.5) is 5.69 Å². The number of amides is 1. The monoisotopic (exact) mass is 365 g/mol. The largest absolute Gasteiger partial charge is 0.507 e. The summed E-state index contributed by atoms with van der Waals surface area (Å²) in [6.07, 6.45) is 0.477. The van der Waals surface area contributed by atoms with Gasteiger partial charge < -0.3 is 30.1 Å². The maximum Gasteiger partial charge on any atom is 0.344 e. The number of hydrogen-bond acceptors (Lipinski definition) is 7. The Bertz CT molecular complexity index is 701. The normalized spacial score (nSPS) is 26.1. The first-order chi connectivity index (χ1) is 12.3. The smallest absolute Gasteiger partial charge is 0.344 e. The zero-order chi connectivity index (χ0) is 19.3. The fourth-order valence-electron chi connectivity index (χ4n) is 2.52. The van der Waals surface area contributed by atoms with E-state index in [4.69, 9.17) is 9.47 Å². The van der Waals surface area contributed by atoms with Gasteiger partial charge in [-0.1, -0.05) is 12.2 Å². The minimum atomic E-state index is -1.12. The van der Waals surface area contributed by atoms with Gasteiger partial charge in [0.2, 0.25) is 5.91 Å². The van der Waals surface area contributed by atoms with Crippen LogP contribution in [0.1, 0.15) is 36.5 Å².